The Kier molecular flexibility index (Phi) is 5.42. The number of methoxy groups -OCH3 is 1. The van der Waals surface area contributed by atoms with Crippen LogP contribution in [0.2, 0.25) is 0 Å². The maximum absolute atomic E-state index is 12.1. The molecule has 2 aliphatic carbocycles. The second kappa shape index (κ2) is 7.56. The van der Waals surface area contributed by atoms with E-state index in [1.807, 2.05) is 17.8 Å². The summed E-state index contributed by atoms with van der Waals surface area (Å²) in [4.78, 5) is 24.2. The van der Waals surface area contributed by atoms with Crippen LogP contribution in [0.5, 0.6) is 0 Å². The molecule has 0 spiro atoms. The van der Waals surface area contributed by atoms with E-state index >= 15 is 0 Å². The average Bonchev–Trinajstić information content (AvgIpc) is 3.34. The molecule has 1 aromatic heterocycles. The Morgan fingerprint density at radius 3 is 2.56 bits per heavy atom. The molecule has 2 amide bonds. The first-order valence-corrected chi connectivity index (χ1v) is 9.21. The summed E-state index contributed by atoms with van der Waals surface area (Å²) in [6.07, 6.45) is 8.80. The number of hydrogen-bond donors (Lipinski definition) is 2. The molecule has 2 saturated carbocycles. The van der Waals surface area contributed by atoms with Gasteiger partial charge < -0.3 is 15.4 Å². The lowest BCUT2D eigenvalue weighted by molar-refractivity contribution is -0.137. The van der Waals surface area contributed by atoms with Crippen molar-refractivity contribution in [2.75, 3.05) is 19.0 Å². The second-order valence-electron chi connectivity index (χ2n) is 7.29. The molecule has 3 rings (SSSR count). The van der Waals surface area contributed by atoms with Crippen LogP contribution in [0.15, 0.2) is 6.07 Å². The van der Waals surface area contributed by atoms with Gasteiger partial charge in [0.1, 0.15) is 0 Å². The minimum absolute atomic E-state index is 0.323. The maximum atomic E-state index is 12.1. The molecule has 0 radical (unpaired) electrons. The summed E-state index contributed by atoms with van der Waals surface area (Å²) in [5.74, 6) is -0.385. The van der Waals surface area contributed by atoms with E-state index in [4.69, 9.17) is 4.74 Å². The smallest absolute Gasteiger partial charge is 0.314 e. The lowest BCUT2D eigenvalue weighted by Gasteiger charge is -2.27. The molecule has 2 aliphatic rings. The molecule has 0 aliphatic heterocycles. The molecule has 7 heteroatoms. The number of nitrogens with one attached hydrogen (secondary N) is 2. The van der Waals surface area contributed by atoms with Crippen LogP contribution in [0, 0.1) is 0 Å². The first kappa shape index (κ1) is 17.9. The van der Waals surface area contributed by atoms with E-state index in [0.29, 0.717) is 18.3 Å². The van der Waals surface area contributed by atoms with Crippen molar-refractivity contribution in [3.05, 3.63) is 11.8 Å². The van der Waals surface area contributed by atoms with Crippen molar-refractivity contribution in [1.29, 1.82) is 0 Å². The molecule has 2 fully saturated rings. The fourth-order valence-corrected chi connectivity index (χ4v) is 4.11. The molecule has 0 aromatic carbocycles. The van der Waals surface area contributed by atoms with Gasteiger partial charge in [-0.05, 0) is 25.7 Å². The molecule has 138 valence electrons. The quantitative estimate of drug-likeness (QED) is 0.798. The fourth-order valence-electron chi connectivity index (χ4n) is 4.11. The van der Waals surface area contributed by atoms with Crippen LogP contribution >= 0.6 is 0 Å². The Hall–Kier alpha value is -1.89. The lowest BCUT2D eigenvalue weighted by Crippen LogP contribution is -2.45. The number of carbonyl (C=O) groups is 2. The summed E-state index contributed by atoms with van der Waals surface area (Å²) in [6, 6.07) is 1.88. The Morgan fingerprint density at radius 1 is 1.24 bits per heavy atom. The number of carbonyl (C=O) groups excluding carboxylic acids is 2. The zero-order valence-corrected chi connectivity index (χ0v) is 15.1. The predicted molar refractivity (Wildman–Crippen MR) is 94.3 cm³/mol. The largest absolute Gasteiger partial charge is 0.376 e. The molecule has 0 unspecified atom stereocenters. The lowest BCUT2D eigenvalue weighted by atomic mass is 10.0. The van der Waals surface area contributed by atoms with Gasteiger partial charge in [-0.15, -0.1) is 0 Å². The SMILES string of the molecule is COC1(CNC(=O)C(=O)Nc2cc(C3CCCC3)n(C)n2)CCCC1. The van der Waals surface area contributed by atoms with Crippen molar-refractivity contribution in [3.63, 3.8) is 0 Å². The van der Waals surface area contributed by atoms with Crippen LogP contribution in [-0.2, 0) is 21.4 Å². The Labute approximate surface area is 148 Å². The van der Waals surface area contributed by atoms with E-state index in [9.17, 15) is 9.59 Å². The van der Waals surface area contributed by atoms with Gasteiger partial charge in [0.2, 0.25) is 0 Å². The van der Waals surface area contributed by atoms with Crippen molar-refractivity contribution in [3.8, 4) is 0 Å². The maximum Gasteiger partial charge on any atom is 0.314 e. The van der Waals surface area contributed by atoms with Gasteiger partial charge in [0.25, 0.3) is 0 Å². The summed E-state index contributed by atoms with van der Waals surface area (Å²) in [5, 5.41) is 9.64. The van der Waals surface area contributed by atoms with Gasteiger partial charge in [-0.1, -0.05) is 25.7 Å². The number of rotatable bonds is 5. The zero-order chi connectivity index (χ0) is 17.9. The molecule has 7 nitrogen and oxygen atoms in total. The van der Waals surface area contributed by atoms with Crippen molar-refractivity contribution in [2.45, 2.75) is 62.9 Å². The number of amides is 2. The van der Waals surface area contributed by atoms with E-state index in [0.717, 1.165) is 44.2 Å². The minimum Gasteiger partial charge on any atom is -0.376 e. The molecule has 25 heavy (non-hydrogen) atoms. The first-order chi connectivity index (χ1) is 12.0. The molecule has 0 atom stereocenters. The van der Waals surface area contributed by atoms with Crippen LogP contribution in [0.1, 0.15) is 63.0 Å². The second-order valence-corrected chi connectivity index (χ2v) is 7.29. The van der Waals surface area contributed by atoms with E-state index < -0.39 is 11.8 Å². The molecule has 0 bridgehead atoms. The first-order valence-electron chi connectivity index (χ1n) is 9.21. The number of aryl methyl sites for hydroxylation is 1. The highest BCUT2D eigenvalue weighted by Gasteiger charge is 2.34. The highest BCUT2D eigenvalue weighted by molar-refractivity contribution is 6.39. The van der Waals surface area contributed by atoms with Crippen LogP contribution in [0.4, 0.5) is 5.82 Å². The average molecular weight is 348 g/mol. The Morgan fingerprint density at radius 2 is 1.92 bits per heavy atom. The monoisotopic (exact) mass is 348 g/mol. The van der Waals surface area contributed by atoms with Gasteiger partial charge in [-0.2, -0.15) is 5.10 Å². The minimum atomic E-state index is -0.680. The topological polar surface area (TPSA) is 85.2 Å². The van der Waals surface area contributed by atoms with Gasteiger partial charge in [-0.25, -0.2) is 0 Å². The number of ether oxygens (including phenoxy) is 1. The van der Waals surface area contributed by atoms with Gasteiger partial charge in [0.15, 0.2) is 5.82 Å². The number of aromatic nitrogens is 2. The highest BCUT2D eigenvalue weighted by Crippen LogP contribution is 2.34. The predicted octanol–water partition coefficient (Wildman–Crippen LogP) is 2.09. The molecule has 1 heterocycles. The van der Waals surface area contributed by atoms with E-state index in [-0.39, 0.29) is 5.60 Å². The third-order valence-corrected chi connectivity index (χ3v) is 5.66. The molecular weight excluding hydrogens is 320 g/mol. The van der Waals surface area contributed by atoms with Crippen LogP contribution < -0.4 is 10.6 Å². The van der Waals surface area contributed by atoms with Crippen molar-refractivity contribution in [2.24, 2.45) is 7.05 Å². The molecular formula is C18H28N4O3. The van der Waals surface area contributed by atoms with Gasteiger partial charge in [-0.3, -0.25) is 14.3 Å². The van der Waals surface area contributed by atoms with Crippen LogP contribution in [0.25, 0.3) is 0 Å². The molecule has 1 aromatic rings. The van der Waals surface area contributed by atoms with Crippen molar-refractivity contribution in [1.82, 2.24) is 15.1 Å². The van der Waals surface area contributed by atoms with E-state index in [2.05, 4.69) is 15.7 Å². The van der Waals surface area contributed by atoms with Crippen LogP contribution in [-0.4, -0.2) is 40.9 Å². The van der Waals surface area contributed by atoms with Gasteiger partial charge in [0, 0.05) is 38.4 Å². The highest BCUT2D eigenvalue weighted by atomic mass is 16.5. The van der Waals surface area contributed by atoms with Crippen molar-refractivity contribution < 1.29 is 14.3 Å². The fraction of sp³-hybridized carbons (Fsp3) is 0.722. The Balaban J connectivity index is 1.54. The summed E-state index contributed by atoms with van der Waals surface area (Å²) in [7, 11) is 3.54. The summed E-state index contributed by atoms with van der Waals surface area (Å²) >= 11 is 0. The van der Waals surface area contributed by atoms with E-state index in [1.54, 1.807) is 7.11 Å². The van der Waals surface area contributed by atoms with Crippen LogP contribution in [0.3, 0.4) is 0 Å². The summed E-state index contributed by atoms with van der Waals surface area (Å²) < 4.78 is 7.37. The zero-order valence-electron chi connectivity index (χ0n) is 15.1. The van der Waals surface area contributed by atoms with Gasteiger partial charge in [0.05, 0.1) is 5.60 Å². The third-order valence-electron chi connectivity index (χ3n) is 5.66. The third kappa shape index (κ3) is 4.03. The normalized spacial score (nSPS) is 19.9. The number of anilines is 1. The molecule has 2 N–H and O–H groups in total. The number of hydrogen-bond acceptors (Lipinski definition) is 4. The standard InChI is InChI=1S/C18H28N4O3/c1-22-14(13-7-3-4-8-13)11-15(21-22)20-17(24)16(23)19-12-18(25-2)9-5-6-10-18/h11,13H,3-10,12H2,1-2H3,(H,19,23)(H,20,21,24). The Bertz CT molecular complexity index is 628. The summed E-state index contributed by atoms with van der Waals surface area (Å²) in [5.41, 5.74) is 0.800. The van der Waals surface area contributed by atoms with Crippen molar-refractivity contribution >= 4 is 17.6 Å². The summed E-state index contributed by atoms with van der Waals surface area (Å²) in [6.45, 7) is 0.366. The molecule has 0 saturated heterocycles. The van der Waals surface area contributed by atoms with E-state index in [1.165, 1.54) is 12.8 Å². The van der Waals surface area contributed by atoms with Gasteiger partial charge >= 0.3 is 11.8 Å². The number of nitrogens with zero attached hydrogens (tertiary/aromatic N) is 2.